The number of ether oxygens (including phenoxy) is 6. The second kappa shape index (κ2) is 25.8. The van der Waals surface area contributed by atoms with Gasteiger partial charge in [0, 0.05) is 12.2 Å². The predicted octanol–water partition coefficient (Wildman–Crippen LogP) is 7.10. The molecule has 2 aromatic carbocycles. The van der Waals surface area contributed by atoms with Crippen molar-refractivity contribution in [3.05, 3.63) is 59.7 Å². The number of benzene rings is 2. The first kappa shape index (κ1) is 36.5. The van der Waals surface area contributed by atoms with E-state index < -0.39 is 0 Å². The molecule has 0 aromatic heterocycles. The minimum atomic E-state index is -0.350. The molecule has 0 bridgehead atoms. The van der Waals surface area contributed by atoms with Gasteiger partial charge in [-0.3, -0.25) is 0 Å². The molecule has 242 valence electrons. The van der Waals surface area contributed by atoms with Crippen molar-refractivity contribution < 1.29 is 33.2 Å². The largest absolute Gasteiger partial charge is 0.491 e. The van der Waals surface area contributed by atoms with Crippen LogP contribution < -0.4 is 10.1 Å². The van der Waals surface area contributed by atoms with Gasteiger partial charge in [0.25, 0.3) is 0 Å². The lowest BCUT2D eigenvalue weighted by Gasteiger charge is -2.09. The Balaban J connectivity index is 1.32. The molecule has 8 nitrogen and oxygen atoms in total. The van der Waals surface area contributed by atoms with Crippen molar-refractivity contribution >= 4 is 11.7 Å². The molecule has 0 aliphatic rings. The summed E-state index contributed by atoms with van der Waals surface area (Å²) in [6.07, 6.45) is 11.3. The second-order valence-corrected chi connectivity index (χ2v) is 10.5. The standard InChI is InChI=1S/C35H55NO7/c1-3-5-7-8-9-10-11-31-12-18-34(19-13-31)42-29-27-40-25-23-38-21-22-39-24-26-41-28-30-43-35(37)32-14-16-33(17-15-32)36-20-6-4-2/h12-19,36H,3-11,20-30H2,1-2H3. The van der Waals surface area contributed by atoms with Gasteiger partial charge in [-0.1, -0.05) is 64.5 Å². The fourth-order valence-corrected chi connectivity index (χ4v) is 4.25. The quantitative estimate of drug-likeness (QED) is 0.0817. The van der Waals surface area contributed by atoms with E-state index in [1.54, 1.807) is 12.1 Å². The molecule has 0 aliphatic heterocycles. The van der Waals surface area contributed by atoms with Gasteiger partial charge in [0.15, 0.2) is 0 Å². The minimum Gasteiger partial charge on any atom is -0.491 e. The van der Waals surface area contributed by atoms with Gasteiger partial charge >= 0.3 is 5.97 Å². The van der Waals surface area contributed by atoms with E-state index in [4.69, 9.17) is 28.4 Å². The number of hydrogen-bond acceptors (Lipinski definition) is 8. The fourth-order valence-electron chi connectivity index (χ4n) is 4.25. The smallest absolute Gasteiger partial charge is 0.338 e. The molecule has 0 amide bonds. The van der Waals surface area contributed by atoms with Crippen molar-refractivity contribution in [2.24, 2.45) is 0 Å². The Kier molecular flexibility index (Phi) is 21.9. The predicted molar refractivity (Wildman–Crippen MR) is 172 cm³/mol. The molecule has 0 aliphatic carbocycles. The van der Waals surface area contributed by atoms with Gasteiger partial charge in [-0.15, -0.1) is 0 Å². The zero-order valence-electron chi connectivity index (χ0n) is 26.6. The first-order valence-corrected chi connectivity index (χ1v) is 16.3. The topological polar surface area (TPSA) is 84.5 Å². The van der Waals surface area contributed by atoms with E-state index in [2.05, 4.69) is 31.3 Å². The maximum Gasteiger partial charge on any atom is 0.338 e. The molecule has 0 heterocycles. The third-order valence-electron chi connectivity index (χ3n) is 6.80. The van der Waals surface area contributed by atoms with E-state index in [1.165, 1.54) is 44.1 Å². The second-order valence-electron chi connectivity index (χ2n) is 10.5. The van der Waals surface area contributed by atoms with Crippen LogP contribution in [0.3, 0.4) is 0 Å². The lowest BCUT2D eigenvalue weighted by atomic mass is 10.0. The molecule has 8 heteroatoms. The number of nitrogens with one attached hydrogen (secondary N) is 1. The monoisotopic (exact) mass is 601 g/mol. The van der Waals surface area contributed by atoms with E-state index in [0.717, 1.165) is 37.2 Å². The Hall–Kier alpha value is -2.65. The van der Waals surface area contributed by atoms with Crippen molar-refractivity contribution in [1.29, 1.82) is 0 Å². The normalized spacial score (nSPS) is 11.0. The van der Waals surface area contributed by atoms with Crippen molar-refractivity contribution in [3.8, 4) is 5.75 Å². The van der Waals surface area contributed by atoms with Crippen LogP contribution in [-0.2, 0) is 30.1 Å². The summed E-state index contributed by atoms with van der Waals surface area (Å²) >= 11 is 0. The summed E-state index contributed by atoms with van der Waals surface area (Å²) in [6, 6.07) is 15.7. The SMILES string of the molecule is CCCCCCCCc1ccc(OCCOCCOCCOCCOCCOC(=O)c2ccc(NCCCC)cc2)cc1. The zero-order chi connectivity index (χ0) is 30.6. The number of hydrogen-bond donors (Lipinski definition) is 1. The molecule has 0 fully saturated rings. The van der Waals surface area contributed by atoms with E-state index in [9.17, 15) is 4.79 Å². The van der Waals surface area contributed by atoms with E-state index in [0.29, 0.717) is 65.0 Å². The van der Waals surface area contributed by atoms with Crippen LogP contribution in [0, 0.1) is 0 Å². The summed E-state index contributed by atoms with van der Waals surface area (Å²) in [5.41, 5.74) is 2.91. The molecule has 0 unspecified atom stereocenters. The first-order chi connectivity index (χ1) is 21.2. The number of carbonyl (C=O) groups is 1. The Labute approximate surface area is 259 Å². The van der Waals surface area contributed by atoms with Crippen LogP contribution in [-0.4, -0.2) is 78.6 Å². The van der Waals surface area contributed by atoms with Crippen LogP contribution in [0.4, 0.5) is 5.69 Å². The number of carbonyl (C=O) groups excluding carboxylic acids is 1. The van der Waals surface area contributed by atoms with Gasteiger partial charge in [-0.2, -0.15) is 0 Å². The van der Waals surface area contributed by atoms with Gasteiger partial charge in [-0.25, -0.2) is 4.79 Å². The van der Waals surface area contributed by atoms with Crippen LogP contribution in [0.15, 0.2) is 48.5 Å². The maximum atomic E-state index is 12.1. The van der Waals surface area contributed by atoms with Crippen LogP contribution in [0.2, 0.25) is 0 Å². The van der Waals surface area contributed by atoms with E-state index >= 15 is 0 Å². The van der Waals surface area contributed by atoms with Crippen LogP contribution in [0.25, 0.3) is 0 Å². The molecule has 43 heavy (non-hydrogen) atoms. The molecule has 0 spiro atoms. The highest BCUT2D eigenvalue weighted by Gasteiger charge is 2.07. The Morgan fingerprint density at radius 1 is 0.581 bits per heavy atom. The summed E-state index contributed by atoms with van der Waals surface area (Å²) in [6.45, 7) is 9.80. The molecule has 0 radical (unpaired) electrons. The van der Waals surface area contributed by atoms with Crippen LogP contribution in [0.5, 0.6) is 5.75 Å². The number of esters is 1. The molecule has 0 atom stereocenters. The molecule has 2 aromatic rings. The minimum absolute atomic E-state index is 0.203. The van der Waals surface area contributed by atoms with Gasteiger partial charge in [0.1, 0.15) is 19.0 Å². The van der Waals surface area contributed by atoms with E-state index in [1.807, 2.05) is 24.3 Å². The Morgan fingerprint density at radius 3 is 1.72 bits per heavy atom. The summed E-state index contributed by atoms with van der Waals surface area (Å²) in [4.78, 5) is 12.1. The lowest BCUT2D eigenvalue weighted by Crippen LogP contribution is -2.15. The third-order valence-corrected chi connectivity index (χ3v) is 6.80. The summed E-state index contributed by atoms with van der Waals surface area (Å²) in [5.74, 6) is 0.530. The van der Waals surface area contributed by atoms with Gasteiger partial charge in [-0.05, 0) is 61.2 Å². The number of aryl methyl sites for hydroxylation is 1. The van der Waals surface area contributed by atoms with Gasteiger partial charge in [0.05, 0.1) is 58.4 Å². The van der Waals surface area contributed by atoms with Crippen molar-refractivity contribution in [2.45, 2.75) is 71.6 Å². The average molecular weight is 602 g/mol. The number of unbranched alkanes of at least 4 members (excludes halogenated alkanes) is 6. The lowest BCUT2D eigenvalue weighted by molar-refractivity contribution is -0.0107. The van der Waals surface area contributed by atoms with Crippen molar-refractivity contribution in [3.63, 3.8) is 0 Å². The van der Waals surface area contributed by atoms with E-state index in [-0.39, 0.29) is 12.6 Å². The van der Waals surface area contributed by atoms with Crippen LogP contribution >= 0.6 is 0 Å². The highest BCUT2D eigenvalue weighted by Crippen LogP contribution is 2.15. The molecule has 2 rings (SSSR count). The third kappa shape index (κ3) is 19.3. The first-order valence-electron chi connectivity index (χ1n) is 16.3. The highest BCUT2D eigenvalue weighted by atomic mass is 16.6. The summed E-state index contributed by atoms with van der Waals surface area (Å²) < 4.78 is 33.1. The Bertz CT molecular complexity index is 921. The molecule has 0 saturated carbocycles. The van der Waals surface area contributed by atoms with Crippen molar-refractivity contribution in [1.82, 2.24) is 0 Å². The summed E-state index contributed by atoms with van der Waals surface area (Å²) in [7, 11) is 0. The molecular formula is C35H55NO7. The zero-order valence-corrected chi connectivity index (χ0v) is 26.6. The molecule has 1 N–H and O–H groups in total. The number of rotatable bonds is 28. The van der Waals surface area contributed by atoms with Gasteiger partial charge in [0.2, 0.25) is 0 Å². The number of anilines is 1. The molecular weight excluding hydrogens is 546 g/mol. The van der Waals surface area contributed by atoms with Crippen LogP contribution in [0.1, 0.15) is 81.1 Å². The maximum absolute atomic E-state index is 12.1. The average Bonchev–Trinajstić information content (AvgIpc) is 3.03. The highest BCUT2D eigenvalue weighted by molar-refractivity contribution is 5.89. The fraction of sp³-hybridized carbons (Fsp3) is 0.629. The Morgan fingerprint density at radius 2 is 1.12 bits per heavy atom. The van der Waals surface area contributed by atoms with Gasteiger partial charge < -0.3 is 33.7 Å². The molecule has 0 saturated heterocycles. The summed E-state index contributed by atoms with van der Waals surface area (Å²) in [5, 5.41) is 3.32. The van der Waals surface area contributed by atoms with Crippen molar-refractivity contribution in [2.75, 3.05) is 77.9 Å².